The SMILES string of the molecule is Fc1ccc(SCc2c(F)cccc2Cl)cc1Cl. The molecule has 94 valence electrons. The van der Waals surface area contributed by atoms with Crippen molar-refractivity contribution in [1.29, 1.82) is 0 Å². The lowest BCUT2D eigenvalue weighted by atomic mass is 10.2. The predicted molar refractivity (Wildman–Crippen MR) is 72.4 cm³/mol. The van der Waals surface area contributed by atoms with E-state index >= 15 is 0 Å². The van der Waals surface area contributed by atoms with Crippen LogP contribution in [0.5, 0.6) is 0 Å². The summed E-state index contributed by atoms with van der Waals surface area (Å²) in [6, 6.07) is 8.95. The molecule has 5 heteroatoms. The van der Waals surface area contributed by atoms with E-state index in [9.17, 15) is 8.78 Å². The van der Waals surface area contributed by atoms with E-state index in [4.69, 9.17) is 23.2 Å². The maximum atomic E-state index is 13.5. The molecular weight excluding hydrogens is 297 g/mol. The third-order valence-electron chi connectivity index (χ3n) is 2.34. The summed E-state index contributed by atoms with van der Waals surface area (Å²) in [7, 11) is 0. The number of halogens is 4. The van der Waals surface area contributed by atoms with Gasteiger partial charge in [-0.2, -0.15) is 0 Å². The van der Waals surface area contributed by atoms with Gasteiger partial charge in [0, 0.05) is 21.2 Å². The average Bonchev–Trinajstić information content (AvgIpc) is 2.33. The lowest BCUT2D eigenvalue weighted by Gasteiger charge is -2.06. The second-order valence-electron chi connectivity index (χ2n) is 3.56. The van der Waals surface area contributed by atoms with Gasteiger partial charge in [-0.05, 0) is 30.3 Å². The fourth-order valence-electron chi connectivity index (χ4n) is 1.39. The van der Waals surface area contributed by atoms with Crippen molar-refractivity contribution in [2.45, 2.75) is 10.6 Å². The number of hydrogen-bond acceptors (Lipinski definition) is 1. The summed E-state index contributed by atoms with van der Waals surface area (Å²) in [5.74, 6) is -0.443. The van der Waals surface area contributed by atoms with Crippen LogP contribution in [-0.4, -0.2) is 0 Å². The van der Waals surface area contributed by atoms with Crippen LogP contribution in [0.3, 0.4) is 0 Å². The third-order valence-corrected chi connectivity index (χ3v) is 4.00. The summed E-state index contributed by atoms with van der Waals surface area (Å²) in [6.07, 6.45) is 0. The van der Waals surface area contributed by atoms with E-state index in [0.29, 0.717) is 16.3 Å². The second-order valence-corrected chi connectivity index (χ2v) is 5.43. The molecule has 0 heterocycles. The van der Waals surface area contributed by atoms with Crippen LogP contribution < -0.4 is 0 Å². The molecule has 0 spiro atoms. The highest BCUT2D eigenvalue weighted by Gasteiger charge is 2.08. The Morgan fingerprint density at radius 2 is 1.72 bits per heavy atom. The van der Waals surface area contributed by atoms with Crippen molar-refractivity contribution in [2.75, 3.05) is 0 Å². The standard InChI is InChI=1S/C13H8Cl2F2S/c14-10-2-1-3-12(16)9(10)7-18-8-4-5-13(17)11(15)6-8/h1-6H,7H2. The number of hydrogen-bond donors (Lipinski definition) is 0. The smallest absolute Gasteiger partial charge is 0.141 e. The minimum atomic E-state index is -0.468. The first-order valence-electron chi connectivity index (χ1n) is 5.08. The van der Waals surface area contributed by atoms with Crippen LogP contribution in [0.25, 0.3) is 0 Å². The molecule has 0 bridgehead atoms. The molecule has 0 aliphatic carbocycles. The van der Waals surface area contributed by atoms with E-state index in [1.807, 2.05) is 0 Å². The van der Waals surface area contributed by atoms with Crippen molar-refractivity contribution in [1.82, 2.24) is 0 Å². The molecule has 0 radical (unpaired) electrons. The van der Waals surface area contributed by atoms with Crippen LogP contribution in [0.2, 0.25) is 10.0 Å². The molecule has 2 aromatic carbocycles. The molecule has 0 aliphatic rings. The van der Waals surface area contributed by atoms with E-state index in [-0.39, 0.29) is 10.8 Å². The fourth-order valence-corrected chi connectivity index (χ4v) is 2.92. The summed E-state index contributed by atoms with van der Waals surface area (Å²) >= 11 is 12.9. The third kappa shape index (κ3) is 3.16. The Balaban J connectivity index is 2.14. The zero-order valence-electron chi connectivity index (χ0n) is 9.09. The first-order valence-corrected chi connectivity index (χ1v) is 6.83. The Hall–Kier alpha value is -0.770. The molecule has 2 aromatic rings. The van der Waals surface area contributed by atoms with E-state index in [1.165, 1.54) is 30.0 Å². The van der Waals surface area contributed by atoms with Gasteiger partial charge in [0.05, 0.1) is 5.02 Å². The summed E-state index contributed by atoms with van der Waals surface area (Å²) in [5.41, 5.74) is 0.435. The van der Waals surface area contributed by atoms with E-state index < -0.39 is 5.82 Å². The van der Waals surface area contributed by atoms with Crippen LogP contribution in [0.1, 0.15) is 5.56 Å². The second kappa shape index (κ2) is 5.91. The van der Waals surface area contributed by atoms with E-state index in [0.717, 1.165) is 4.90 Å². The first-order chi connectivity index (χ1) is 8.58. The van der Waals surface area contributed by atoms with Gasteiger partial charge in [0.1, 0.15) is 11.6 Å². The fraction of sp³-hybridized carbons (Fsp3) is 0.0769. The molecule has 0 N–H and O–H groups in total. The Bertz CT molecular complexity index is 553. The molecule has 0 saturated heterocycles. The predicted octanol–water partition coefficient (Wildman–Crippen LogP) is 5.56. The first kappa shape index (κ1) is 13.7. The molecule has 0 aromatic heterocycles. The van der Waals surface area contributed by atoms with Gasteiger partial charge in [-0.3, -0.25) is 0 Å². The van der Waals surface area contributed by atoms with Crippen molar-refractivity contribution in [3.63, 3.8) is 0 Å². The van der Waals surface area contributed by atoms with Gasteiger partial charge in [-0.15, -0.1) is 11.8 Å². The van der Waals surface area contributed by atoms with Gasteiger partial charge >= 0.3 is 0 Å². The lowest BCUT2D eigenvalue weighted by Crippen LogP contribution is -1.89. The van der Waals surface area contributed by atoms with Crippen LogP contribution in [0.15, 0.2) is 41.3 Å². The minimum absolute atomic E-state index is 0.0552. The highest BCUT2D eigenvalue weighted by atomic mass is 35.5. The number of thioether (sulfide) groups is 1. The molecule has 0 amide bonds. The van der Waals surface area contributed by atoms with Crippen LogP contribution in [-0.2, 0) is 5.75 Å². The molecule has 0 nitrogen and oxygen atoms in total. The Morgan fingerprint density at radius 1 is 0.944 bits per heavy atom. The highest BCUT2D eigenvalue weighted by Crippen LogP contribution is 2.30. The van der Waals surface area contributed by atoms with Gasteiger partial charge in [0.15, 0.2) is 0 Å². The maximum absolute atomic E-state index is 13.5. The number of rotatable bonds is 3. The lowest BCUT2D eigenvalue weighted by molar-refractivity contribution is 0.617. The minimum Gasteiger partial charge on any atom is -0.207 e. The molecular formula is C13H8Cl2F2S. The molecule has 0 saturated carbocycles. The zero-order valence-corrected chi connectivity index (χ0v) is 11.4. The Morgan fingerprint density at radius 3 is 2.39 bits per heavy atom. The summed E-state index contributed by atoms with van der Waals surface area (Å²) in [5, 5.41) is 0.440. The van der Waals surface area contributed by atoms with Crippen LogP contribution >= 0.6 is 35.0 Å². The maximum Gasteiger partial charge on any atom is 0.141 e. The molecule has 0 aliphatic heterocycles. The van der Waals surface area contributed by atoms with E-state index in [1.54, 1.807) is 18.2 Å². The highest BCUT2D eigenvalue weighted by molar-refractivity contribution is 7.98. The number of benzene rings is 2. The van der Waals surface area contributed by atoms with Gasteiger partial charge in [0.2, 0.25) is 0 Å². The normalized spacial score (nSPS) is 10.7. The molecule has 0 atom stereocenters. The van der Waals surface area contributed by atoms with Crippen molar-refractivity contribution >= 4 is 35.0 Å². The van der Waals surface area contributed by atoms with Crippen LogP contribution in [0, 0.1) is 11.6 Å². The van der Waals surface area contributed by atoms with Crippen molar-refractivity contribution in [3.8, 4) is 0 Å². The summed E-state index contributed by atoms with van der Waals surface area (Å²) in [4.78, 5) is 0.765. The van der Waals surface area contributed by atoms with Crippen molar-refractivity contribution in [2.24, 2.45) is 0 Å². The monoisotopic (exact) mass is 304 g/mol. The largest absolute Gasteiger partial charge is 0.207 e. The van der Waals surface area contributed by atoms with Crippen molar-refractivity contribution < 1.29 is 8.78 Å². The van der Waals surface area contributed by atoms with E-state index in [2.05, 4.69) is 0 Å². The summed E-state index contributed by atoms with van der Waals surface area (Å²) < 4.78 is 26.5. The van der Waals surface area contributed by atoms with Gasteiger partial charge in [-0.1, -0.05) is 29.3 Å². The Kier molecular flexibility index (Phi) is 4.49. The quantitative estimate of drug-likeness (QED) is 0.669. The topological polar surface area (TPSA) is 0 Å². The van der Waals surface area contributed by atoms with Crippen molar-refractivity contribution in [3.05, 3.63) is 63.6 Å². The van der Waals surface area contributed by atoms with Gasteiger partial charge in [0.25, 0.3) is 0 Å². The average molecular weight is 305 g/mol. The Labute approximate surface area is 118 Å². The molecule has 18 heavy (non-hydrogen) atoms. The van der Waals surface area contributed by atoms with Gasteiger partial charge < -0.3 is 0 Å². The molecule has 0 fully saturated rings. The molecule has 2 rings (SSSR count). The van der Waals surface area contributed by atoms with Gasteiger partial charge in [-0.25, -0.2) is 8.78 Å². The zero-order chi connectivity index (χ0) is 13.1. The molecule has 0 unspecified atom stereocenters. The summed E-state index contributed by atoms with van der Waals surface area (Å²) in [6.45, 7) is 0. The van der Waals surface area contributed by atoms with Crippen LogP contribution in [0.4, 0.5) is 8.78 Å².